The molecule has 0 aliphatic rings. The number of nitrogens with zero attached hydrogens (tertiary/aromatic N) is 2. The number of nitrogens with one attached hydrogen (secondary N) is 2. The molecule has 0 radical (unpaired) electrons. The Balaban J connectivity index is 1.78. The van der Waals surface area contributed by atoms with Crippen LogP contribution in [0.4, 0.5) is 11.6 Å². The maximum Gasteiger partial charge on any atom is 0.213 e. The molecule has 0 aliphatic carbocycles. The van der Waals surface area contributed by atoms with Gasteiger partial charge in [0.1, 0.15) is 5.76 Å². The smallest absolute Gasteiger partial charge is 0.213 e. The summed E-state index contributed by atoms with van der Waals surface area (Å²) in [7, 11) is 0. The highest BCUT2D eigenvalue weighted by molar-refractivity contribution is 5.80. The third-order valence-electron chi connectivity index (χ3n) is 2.58. The number of nitrogen functional groups attached to an aromatic ring is 1. The molecule has 4 N–H and O–H groups in total. The van der Waals surface area contributed by atoms with Gasteiger partial charge in [-0.15, -0.1) is 0 Å². The fourth-order valence-electron chi connectivity index (χ4n) is 1.75. The largest absolute Gasteiger partial charge is 0.444 e. The SMILES string of the molecule is Cc1cnc(CNc2nc3ccc(N)cc3[nH]2)o1. The fourth-order valence-corrected chi connectivity index (χ4v) is 1.75. The molecular formula is C12H13N5O. The van der Waals surface area contributed by atoms with Gasteiger partial charge in [0.25, 0.3) is 0 Å². The number of hydrogen-bond donors (Lipinski definition) is 3. The van der Waals surface area contributed by atoms with E-state index >= 15 is 0 Å². The molecule has 6 heteroatoms. The van der Waals surface area contributed by atoms with E-state index in [0.717, 1.165) is 16.8 Å². The second-order valence-electron chi connectivity index (χ2n) is 4.08. The van der Waals surface area contributed by atoms with E-state index < -0.39 is 0 Å². The first-order valence-corrected chi connectivity index (χ1v) is 5.61. The Morgan fingerprint density at radius 1 is 1.44 bits per heavy atom. The number of imidazole rings is 1. The molecule has 92 valence electrons. The lowest BCUT2D eigenvalue weighted by molar-refractivity contribution is 0.478. The molecule has 1 aromatic carbocycles. The lowest BCUT2D eigenvalue weighted by Crippen LogP contribution is -2.00. The highest BCUT2D eigenvalue weighted by Crippen LogP contribution is 2.17. The van der Waals surface area contributed by atoms with E-state index in [9.17, 15) is 0 Å². The number of aryl methyl sites for hydroxylation is 1. The number of aromatic amines is 1. The molecule has 2 aromatic heterocycles. The molecule has 18 heavy (non-hydrogen) atoms. The first-order chi connectivity index (χ1) is 8.70. The zero-order chi connectivity index (χ0) is 12.5. The van der Waals surface area contributed by atoms with Gasteiger partial charge in [-0.05, 0) is 25.1 Å². The second-order valence-corrected chi connectivity index (χ2v) is 4.08. The minimum absolute atomic E-state index is 0.489. The zero-order valence-corrected chi connectivity index (χ0v) is 9.90. The van der Waals surface area contributed by atoms with Crippen molar-refractivity contribution in [3.8, 4) is 0 Å². The van der Waals surface area contributed by atoms with Crippen molar-refractivity contribution < 1.29 is 4.42 Å². The van der Waals surface area contributed by atoms with Gasteiger partial charge in [-0.25, -0.2) is 9.97 Å². The molecule has 3 rings (SSSR count). The Hall–Kier alpha value is -2.50. The van der Waals surface area contributed by atoms with Crippen LogP contribution in [0.15, 0.2) is 28.8 Å². The fraction of sp³-hybridized carbons (Fsp3) is 0.167. The number of hydrogen-bond acceptors (Lipinski definition) is 5. The number of benzene rings is 1. The average Bonchev–Trinajstić information content (AvgIpc) is 2.92. The summed E-state index contributed by atoms with van der Waals surface area (Å²) in [6, 6.07) is 5.55. The normalized spacial score (nSPS) is 10.9. The monoisotopic (exact) mass is 243 g/mol. The van der Waals surface area contributed by atoms with Crippen LogP contribution in [-0.2, 0) is 6.54 Å². The van der Waals surface area contributed by atoms with Crippen LogP contribution in [0.25, 0.3) is 11.0 Å². The lowest BCUT2D eigenvalue weighted by atomic mass is 10.3. The first kappa shape index (κ1) is 10.6. The van der Waals surface area contributed by atoms with Crippen LogP contribution in [0.1, 0.15) is 11.7 Å². The van der Waals surface area contributed by atoms with Gasteiger partial charge < -0.3 is 20.5 Å². The molecule has 0 saturated carbocycles. The van der Waals surface area contributed by atoms with Gasteiger partial charge in [0, 0.05) is 5.69 Å². The quantitative estimate of drug-likeness (QED) is 0.612. The van der Waals surface area contributed by atoms with Crippen LogP contribution >= 0.6 is 0 Å². The van der Waals surface area contributed by atoms with E-state index in [-0.39, 0.29) is 0 Å². The Kier molecular flexibility index (Phi) is 2.40. The molecule has 0 atom stereocenters. The Morgan fingerprint density at radius 2 is 2.33 bits per heavy atom. The number of aromatic nitrogens is 3. The highest BCUT2D eigenvalue weighted by atomic mass is 16.4. The molecule has 6 nitrogen and oxygen atoms in total. The van der Waals surface area contributed by atoms with Gasteiger partial charge in [-0.3, -0.25) is 0 Å². The number of rotatable bonds is 3. The molecule has 0 fully saturated rings. The van der Waals surface area contributed by atoms with E-state index in [2.05, 4.69) is 20.3 Å². The zero-order valence-electron chi connectivity index (χ0n) is 9.90. The summed E-state index contributed by atoms with van der Waals surface area (Å²) in [5, 5.41) is 3.12. The molecule has 2 heterocycles. The van der Waals surface area contributed by atoms with Crippen molar-refractivity contribution in [3.05, 3.63) is 36.0 Å². The summed E-state index contributed by atoms with van der Waals surface area (Å²) < 4.78 is 5.36. The lowest BCUT2D eigenvalue weighted by Gasteiger charge is -1.97. The van der Waals surface area contributed by atoms with Gasteiger partial charge in [-0.1, -0.05) is 0 Å². The van der Waals surface area contributed by atoms with Crippen LogP contribution in [0.3, 0.4) is 0 Å². The van der Waals surface area contributed by atoms with E-state index in [1.54, 1.807) is 6.20 Å². The number of oxazole rings is 1. The number of fused-ring (bicyclic) bond motifs is 1. The van der Waals surface area contributed by atoms with Crippen molar-refractivity contribution in [1.82, 2.24) is 15.0 Å². The van der Waals surface area contributed by atoms with Gasteiger partial charge >= 0.3 is 0 Å². The third-order valence-corrected chi connectivity index (χ3v) is 2.58. The summed E-state index contributed by atoms with van der Waals surface area (Å²) in [6.07, 6.45) is 1.69. The summed E-state index contributed by atoms with van der Waals surface area (Å²) in [5.41, 5.74) is 8.19. The van der Waals surface area contributed by atoms with Crippen molar-refractivity contribution in [2.75, 3.05) is 11.1 Å². The number of H-pyrrole nitrogens is 1. The van der Waals surface area contributed by atoms with Gasteiger partial charge in [-0.2, -0.15) is 0 Å². The summed E-state index contributed by atoms with van der Waals surface area (Å²) >= 11 is 0. The van der Waals surface area contributed by atoms with Crippen molar-refractivity contribution in [1.29, 1.82) is 0 Å². The van der Waals surface area contributed by atoms with Gasteiger partial charge in [0.05, 0.1) is 23.8 Å². The maximum atomic E-state index is 5.71. The predicted molar refractivity (Wildman–Crippen MR) is 69.1 cm³/mol. The molecule has 0 bridgehead atoms. The van der Waals surface area contributed by atoms with Crippen LogP contribution < -0.4 is 11.1 Å². The maximum absolute atomic E-state index is 5.71. The van der Waals surface area contributed by atoms with Crippen molar-refractivity contribution in [2.45, 2.75) is 13.5 Å². The highest BCUT2D eigenvalue weighted by Gasteiger charge is 2.04. The van der Waals surface area contributed by atoms with Crippen molar-refractivity contribution in [3.63, 3.8) is 0 Å². The van der Waals surface area contributed by atoms with Gasteiger partial charge in [0.2, 0.25) is 11.8 Å². The minimum atomic E-state index is 0.489. The molecular weight excluding hydrogens is 230 g/mol. The Morgan fingerprint density at radius 3 is 3.11 bits per heavy atom. The first-order valence-electron chi connectivity index (χ1n) is 5.61. The summed E-state index contributed by atoms with van der Waals surface area (Å²) in [4.78, 5) is 11.6. The van der Waals surface area contributed by atoms with Crippen LogP contribution in [0.2, 0.25) is 0 Å². The molecule has 0 unspecified atom stereocenters. The van der Waals surface area contributed by atoms with E-state index in [1.165, 1.54) is 0 Å². The third kappa shape index (κ3) is 2.00. The molecule has 0 spiro atoms. The average molecular weight is 243 g/mol. The van der Waals surface area contributed by atoms with Gasteiger partial charge in [0.15, 0.2) is 0 Å². The van der Waals surface area contributed by atoms with E-state index in [4.69, 9.17) is 10.2 Å². The summed E-state index contributed by atoms with van der Waals surface area (Å²) in [5.74, 6) is 2.10. The molecule has 0 saturated heterocycles. The van der Waals surface area contributed by atoms with Crippen LogP contribution in [-0.4, -0.2) is 15.0 Å². The number of nitrogens with two attached hydrogens (primary N) is 1. The van der Waals surface area contributed by atoms with E-state index in [1.807, 2.05) is 25.1 Å². The molecule has 0 amide bonds. The minimum Gasteiger partial charge on any atom is -0.444 e. The van der Waals surface area contributed by atoms with Crippen molar-refractivity contribution >= 4 is 22.7 Å². The topological polar surface area (TPSA) is 92.8 Å². The van der Waals surface area contributed by atoms with Crippen molar-refractivity contribution in [2.24, 2.45) is 0 Å². The van der Waals surface area contributed by atoms with Crippen LogP contribution in [0.5, 0.6) is 0 Å². The Labute approximate surface area is 103 Å². The second kappa shape index (κ2) is 4.06. The molecule has 0 aliphatic heterocycles. The molecule has 3 aromatic rings. The standard InChI is InChI=1S/C12H13N5O/c1-7-5-14-11(18-7)6-15-12-16-9-3-2-8(13)4-10(9)17-12/h2-5H,6,13H2,1H3,(H2,15,16,17). The number of anilines is 2. The Bertz CT molecular complexity index is 685. The van der Waals surface area contributed by atoms with E-state index in [0.29, 0.717) is 24.1 Å². The predicted octanol–water partition coefficient (Wildman–Crippen LogP) is 2.05. The summed E-state index contributed by atoms with van der Waals surface area (Å²) in [6.45, 7) is 2.35. The van der Waals surface area contributed by atoms with Crippen LogP contribution in [0, 0.1) is 6.92 Å².